The number of hydrogen-bond acceptors (Lipinski definition) is 5. The number of fused-ring (bicyclic) bond motifs is 1. The van der Waals surface area contributed by atoms with Crippen LogP contribution in [0, 0.1) is 5.92 Å². The standard InChI is InChI=1S/C23H26N4O4/c1-14(2)21(23(31)24-19(13-28)15-8-4-3-5-9-15)25-20(29)12-18-16-10-6-7-11-17(16)22(30)27-26-18/h3-11,14,19,21,28H,12-13H2,1-2H3,(H,24,31)(H,25,29)(H,27,30). The summed E-state index contributed by atoms with van der Waals surface area (Å²) in [4.78, 5) is 37.5. The molecule has 0 spiro atoms. The smallest absolute Gasteiger partial charge is 0.272 e. The first-order chi connectivity index (χ1) is 14.9. The predicted molar refractivity (Wildman–Crippen MR) is 117 cm³/mol. The quantitative estimate of drug-likeness (QED) is 0.437. The summed E-state index contributed by atoms with van der Waals surface area (Å²) in [6, 6.07) is 14.7. The maximum absolute atomic E-state index is 12.9. The average Bonchev–Trinajstić information content (AvgIpc) is 2.78. The van der Waals surface area contributed by atoms with Crippen LogP contribution in [0.4, 0.5) is 0 Å². The first-order valence-electron chi connectivity index (χ1n) is 10.1. The first-order valence-corrected chi connectivity index (χ1v) is 10.1. The molecule has 2 aromatic carbocycles. The van der Waals surface area contributed by atoms with E-state index in [0.717, 1.165) is 5.56 Å². The van der Waals surface area contributed by atoms with Gasteiger partial charge in [-0.3, -0.25) is 14.4 Å². The summed E-state index contributed by atoms with van der Waals surface area (Å²) in [5.41, 5.74) is 0.874. The van der Waals surface area contributed by atoms with Gasteiger partial charge >= 0.3 is 0 Å². The summed E-state index contributed by atoms with van der Waals surface area (Å²) in [7, 11) is 0. The Morgan fingerprint density at radius 3 is 2.29 bits per heavy atom. The molecule has 3 aromatic rings. The van der Waals surface area contributed by atoms with Gasteiger partial charge in [0.05, 0.1) is 30.1 Å². The Bertz CT molecular complexity index is 1110. The minimum absolute atomic E-state index is 0.0874. The number of nitrogens with zero attached hydrogens (tertiary/aromatic N) is 1. The number of carbonyl (C=O) groups is 2. The van der Waals surface area contributed by atoms with Gasteiger partial charge in [0.1, 0.15) is 6.04 Å². The predicted octanol–water partition coefficient (Wildman–Crippen LogP) is 1.46. The number of aromatic amines is 1. The van der Waals surface area contributed by atoms with Crippen LogP contribution in [0.25, 0.3) is 10.8 Å². The van der Waals surface area contributed by atoms with E-state index >= 15 is 0 Å². The number of aliphatic hydroxyl groups excluding tert-OH is 1. The molecule has 3 rings (SSSR count). The van der Waals surface area contributed by atoms with Gasteiger partial charge in [-0.15, -0.1) is 0 Å². The third kappa shape index (κ3) is 5.35. The second-order valence-electron chi connectivity index (χ2n) is 7.67. The van der Waals surface area contributed by atoms with E-state index in [0.29, 0.717) is 16.5 Å². The Morgan fingerprint density at radius 1 is 1.00 bits per heavy atom. The normalized spacial score (nSPS) is 13.0. The Hall–Kier alpha value is -3.52. The molecule has 8 nitrogen and oxygen atoms in total. The minimum Gasteiger partial charge on any atom is -0.394 e. The van der Waals surface area contributed by atoms with Gasteiger partial charge in [0, 0.05) is 5.39 Å². The minimum atomic E-state index is -0.792. The number of nitrogens with one attached hydrogen (secondary N) is 3. The zero-order chi connectivity index (χ0) is 22.4. The molecule has 4 N–H and O–H groups in total. The molecule has 0 saturated heterocycles. The van der Waals surface area contributed by atoms with E-state index < -0.39 is 12.1 Å². The van der Waals surface area contributed by atoms with Crippen molar-refractivity contribution >= 4 is 22.6 Å². The van der Waals surface area contributed by atoms with Crippen LogP contribution >= 0.6 is 0 Å². The number of amides is 2. The molecule has 0 fully saturated rings. The van der Waals surface area contributed by atoms with Gasteiger partial charge in [-0.1, -0.05) is 62.4 Å². The molecule has 2 amide bonds. The average molecular weight is 422 g/mol. The molecule has 0 bridgehead atoms. The Kier molecular flexibility index (Phi) is 7.15. The van der Waals surface area contributed by atoms with Gasteiger partial charge in [0.25, 0.3) is 5.56 Å². The topological polar surface area (TPSA) is 124 Å². The van der Waals surface area contributed by atoms with E-state index in [1.54, 1.807) is 24.3 Å². The van der Waals surface area contributed by atoms with Crippen LogP contribution in [0.1, 0.15) is 31.1 Å². The highest BCUT2D eigenvalue weighted by atomic mass is 16.3. The van der Waals surface area contributed by atoms with E-state index in [9.17, 15) is 19.5 Å². The van der Waals surface area contributed by atoms with Crippen molar-refractivity contribution < 1.29 is 14.7 Å². The Balaban J connectivity index is 1.73. The van der Waals surface area contributed by atoms with E-state index in [2.05, 4.69) is 20.8 Å². The maximum Gasteiger partial charge on any atom is 0.272 e. The molecule has 2 unspecified atom stereocenters. The fourth-order valence-corrected chi connectivity index (χ4v) is 3.40. The third-order valence-corrected chi connectivity index (χ3v) is 5.07. The summed E-state index contributed by atoms with van der Waals surface area (Å²) in [5, 5.41) is 22.7. The van der Waals surface area contributed by atoms with Gasteiger partial charge < -0.3 is 15.7 Å². The lowest BCUT2D eigenvalue weighted by Gasteiger charge is -2.25. The maximum atomic E-state index is 12.9. The van der Waals surface area contributed by atoms with Gasteiger partial charge in [-0.05, 0) is 17.5 Å². The molecular weight excluding hydrogens is 396 g/mol. The largest absolute Gasteiger partial charge is 0.394 e. The lowest BCUT2D eigenvalue weighted by molar-refractivity contribution is -0.130. The van der Waals surface area contributed by atoms with Crippen LogP contribution in [-0.2, 0) is 16.0 Å². The van der Waals surface area contributed by atoms with E-state index in [-0.39, 0.29) is 36.3 Å². The number of aromatic nitrogens is 2. The number of carbonyl (C=O) groups excluding carboxylic acids is 2. The van der Waals surface area contributed by atoms with E-state index in [1.807, 2.05) is 44.2 Å². The van der Waals surface area contributed by atoms with Crippen molar-refractivity contribution in [3.8, 4) is 0 Å². The number of rotatable bonds is 8. The molecule has 0 radical (unpaired) electrons. The zero-order valence-corrected chi connectivity index (χ0v) is 17.5. The highest BCUT2D eigenvalue weighted by Gasteiger charge is 2.27. The summed E-state index contributed by atoms with van der Waals surface area (Å²) in [6.07, 6.45) is -0.0874. The van der Waals surface area contributed by atoms with Crippen molar-refractivity contribution in [1.82, 2.24) is 20.8 Å². The molecule has 162 valence electrons. The summed E-state index contributed by atoms with van der Waals surface area (Å²) >= 11 is 0. The lowest BCUT2D eigenvalue weighted by atomic mass is 10.0. The number of H-pyrrole nitrogens is 1. The number of aliphatic hydroxyl groups is 1. The SMILES string of the molecule is CC(C)C(NC(=O)Cc1n[nH]c(=O)c2ccccc12)C(=O)NC(CO)c1ccccc1. The Labute approximate surface area is 179 Å². The molecule has 8 heteroatoms. The summed E-state index contributed by atoms with van der Waals surface area (Å²) < 4.78 is 0. The highest BCUT2D eigenvalue weighted by Crippen LogP contribution is 2.15. The molecule has 0 aliphatic heterocycles. The third-order valence-electron chi connectivity index (χ3n) is 5.07. The van der Waals surface area contributed by atoms with Crippen molar-refractivity contribution in [2.45, 2.75) is 32.4 Å². The van der Waals surface area contributed by atoms with Gasteiger partial charge in [0.2, 0.25) is 11.8 Å². The van der Waals surface area contributed by atoms with E-state index in [1.165, 1.54) is 0 Å². The van der Waals surface area contributed by atoms with Crippen LogP contribution in [-0.4, -0.2) is 39.8 Å². The van der Waals surface area contributed by atoms with Crippen molar-refractivity contribution in [1.29, 1.82) is 0 Å². The summed E-state index contributed by atoms with van der Waals surface area (Å²) in [5.74, 6) is -0.955. The van der Waals surface area contributed by atoms with Crippen molar-refractivity contribution in [2.24, 2.45) is 5.92 Å². The van der Waals surface area contributed by atoms with Crippen LogP contribution in [0.3, 0.4) is 0 Å². The molecule has 2 atom stereocenters. The van der Waals surface area contributed by atoms with Crippen LogP contribution in [0.5, 0.6) is 0 Å². The van der Waals surface area contributed by atoms with E-state index in [4.69, 9.17) is 0 Å². The fourth-order valence-electron chi connectivity index (χ4n) is 3.40. The van der Waals surface area contributed by atoms with Crippen LogP contribution in [0.15, 0.2) is 59.4 Å². The zero-order valence-electron chi connectivity index (χ0n) is 17.5. The van der Waals surface area contributed by atoms with Crippen molar-refractivity contribution in [3.05, 3.63) is 76.2 Å². The van der Waals surface area contributed by atoms with Gasteiger partial charge in [-0.2, -0.15) is 5.10 Å². The molecule has 0 aliphatic carbocycles. The lowest BCUT2D eigenvalue weighted by Crippen LogP contribution is -2.51. The van der Waals surface area contributed by atoms with Gasteiger partial charge in [0.15, 0.2) is 0 Å². The van der Waals surface area contributed by atoms with Crippen molar-refractivity contribution in [3.63, 3.8) is 0 Å². The molecule has 31 heavy (non-hydrogen) atoms. The second-order valence-corrected chi connectivity index (χ2v) is 7.67. The second kappa shape index (κ2) is 9.99. The highest BCUT2D eigenvalue weighted by molar-refractivity contribution is 5.91. The molecule has 1 aromatic heterocycles. The molecule has 1 heterocycles. The first kappa shape index (κ1) is 22.2. The summed E-state index contributed by atoms with van der Waals surface area (Å²) in [6.45, 7) is 3.39. The molecular formula is C23H26N4O4. The number of hydrogen-bond donors (Lipinski definition) is 4. The van der Waals surface area contributed by atoms with Crippen LogP contribution < -0.4 is 16.2 Å². The van der Waals surface area contributed by atoms with Crippen LogP contribution in [0.2, 0.25) is 0 Å². The number of benzene rings is 2. The fraction of sp³-hybridized carbons (Fsp3) is 0.304. The van der Waals surface area contributed by atoms with Gasteiger partial charge in [-0.25, -0.2) is 5.10 Å². The van der Waals surface area contributed by atoms with Crippen molar-refractivity contribution in [2.75, 3.05) is 6.61 Å². The molecule has 0 aliphatic rings. The molecule has 0 saturated carbocycles. The Morgan fingerprint density at radius 2 is 1.65 bits per heavy atom. The monoisotopic (exact) mass is 422 g/mol.